The molecule has 0 aromatic heterocycles. The summed E-state index contributed by atoms with van der Waals surface area (Å²) >= 11 is 1.51. The normalized spacial score (nSPS) is 21.3. The van der Waals surface area contributed by atoms with Crippen LogP contribution in [0.4, 0.5) is 5.69 Å². The third kappa shape index (κ3) is 5.88. The second kappa shape index (κ2) is 12.1. The van der Waals surface area contributed by atoms with Crippen molar-refractivity contribution in [3.8, 4) is 0 Å². The Morgan fingerprint density at radius 1 is 1.02 bits per heavy atom. The third-order valence-corrected chi connectivity index (χ3v) is 10.3. The van der Waals surface area contributed by atoms with Gasteiger partial charge in [0.15, 0.2) is 6.10 Å². The summed E-state index contributed by atoms with van der Waals surface area (Å²) in [7, 11) is 0. The van der Waals surface area contributed by atoms with Crippen LogP contribution in [0.3, 0.4) is 0 Å². The Labute approximate surface area is 256 Å². The van der Waals surface area contributed by atoms with E-state index in [2.05, 4.69) is 22.0 Å². The smallest absolute Gasteiger partial charge is 0.254 e. The molecule has 0 saturated carbocycles. The van der Waals surface area contributed by atoms with Crippen LogP contribution in [0.15, 0.2) is 72.8 Å². The minimum Gasteiger partial charge on any atom is -0.384 e. The second-order valence-corrected chi connectivity index (χ2v) is 13.7. The molecule has 6 rings (SSSR count). The molecule has 1 aliphatic carbocycles. The van der Waals surface area contributed by atoms with Gasteiger partial charge in [-0.3, -0.25) is 14.4 Å². The predicted octanol–water partition coefficient (Wildman–Crippen LogP) is 3.84. The van der Waals surface area contributed by atoms with E-state index in [9.17, 15) is 19.5 Å². The molecule has 9 heteroatoms. The maximum absolute atomic E-state index is 14.0. The van der Waals surface area contributed by atoms with E-state index in [1.807, 2.05) is 74.5 Å². The van der Waals surface area contributed by atoms with Crippen LogP contribution < -0.4 is 16.0 Å². The van der Waals surface area contributed by atoms with Crippen molar-refractivity contribution in [2.75, 3.05) is 17.7 Å². The number of carbonyl (C=O) groups is 3. The topological polar surface area (TPSA) is 111 Å². The predicted molar refractivity (Wildman–Crippen MR) is 169 cm³/mol. The largest absolute Gasteiger partial charge is 0.384 e. The monoisotopic (exact) mass is 598 g/mol. The van der Waals surface area contributed by atoms with E-state index in [1.165, 1.54) is 22.2 Å². The highest BCUT2D eigenvalue weighted by atomic mass is 32.2. The van der Waals surface area contributed by atoms with E-state index in [-0.39, 0.29) is 30.2 Å². The fourth-order valence-corrected chi connectivity index (χ4v) is 7.77. The number of amides is 3. The summed E-state index contributed by atoms with van der Waals surface area (Å²) in [5, 5.41) is 21.1. The van der Waals surface area contributed by atoms with Crippen molar-refractivity contribution >= 4 is 35.2 Å². The number of aryl methyl sites for hydroxylation is 1. The van der Waals surface area contributed by atoms with Crippen LogP contribution in [0.2, 0.25) is 0 Å². The molecule has 4 N–H and O–H groups in total. The molecule has 224 valence electrons. The number of thioether (sulfide) groups is 1. The van der Waals surface area contributed by atoms with Crippen molar-refractivity contribution in [3.05, 3.63) is 101 Å². The third-order valence-electron chi connectivity index (χ3n) is 8.89. The first kappa shape index (κ1) is 29.3. The van der Waals surface area contributed by atoms with Gasteiger partial charge in [-0.1, -0.05) is 60.7 Å². The molecule has 1 fully saturated rings. The number of aliphatic hydroxyl groups excluding tert-OH is 1. The second-order valence-electron chi connectivity index (χ2n) is 12.1. The fraction of sp³-hybridized carbons (Fsp3) is 0.382. The molecule has 3 aromatic carbocycles. The van der Waals surface area contributed by atoms with Crippen LogP contribution in [-0.2, 0) is 28.9 Å². The number of aliphatic hydroxyl groups is 1. The average Bonchev–Trinajstić information content (AvgIpc) is 3.73. The maximum Gasteiger partial charge on any atom is 0.254 e. The Morgan fingerprint density at radius 3 is 2.60 bits per heavy atom. The summed E-state index contributed by atoms with van der Waals surface area (Å²) in [5.74, 6) is -0.857. The van der Waals surface area contributed by atoms with E-state index < -0.39 is 28.8 Å². The zero-order valence-corrected chi connectivity index (χ0v) is 25.3. The van der Waals surface area contributed by atoms with Gasteiger partial charge in [0.2, 0.25) is 5.91 Å². The lowest BCUT2D eigenvalue weighted by atomic mass is 9.96. The van der Waals surface area contributed by atoms with Gasteiger partial charge in [0.25, 0.3) is 11.8 Å². The highest BCUT2D eigenvalue weighted by Gasteiger charge is 2.50. The molecular formula is C34H38N4O4S. The summed E-state index contributed by atoms with van der Waals surface area (Å²) in [6, 6.07) is 21.4. The molecule has 4 atom stereocenters. The standard InChI is InChI=1S/C34H38N4O4S/c1-34(2)30(32(41)36-27-16-15-22-11-6-7-12-23(22)27)38(20-43-34)33(42)29(39)28(19-21-9-4-3-5-10-21)37-31(40)25-13-8-14-26-24(25)17-18-35-26/h3-14,27-30,35,39H,15-20H2,1-2H3,(H,36,41)(H,37,40)/t27-,28-,29-,30+/m0/s1. The van der Waals surface area contributed by atoms with E-state index in [0.29, 0.717) is 5.56 Å². The zero-order valence-electron chi connectivity index (χ0n) is 24.5. The SMILES string of the molecule is CC1(C)SCN(C(=O)[C@@H](O)[C@H](Cc2ccccc2)NC(=O)c2cccc3c2CCN3)[C@@H]1C(=O)N[C@H]1CCc2ccccc21. The number of nitrogens with one attached hydrogen (secondary N) is 3. The van der Waals surface area contributed by atoms with Crippen LogP contribution in [0.25, 0.3) is 0 Å². The van der Waals surface area contributed by atoms with Crippen molar-refractivity contribution in [1.29, 1.82) is 0 Å². The van der Waals surface area contributed by atoms with E-state index in [0.717, 1.165) is 48.2 Å². The molecule has 0 unspecified atom stereocenters. The Hall–Kier alpha value is -3.82. The molecule has 0 radical (unpaired) electrons. The van der Waals surface area contributed by atoms with Gasteiger partial charge in [0.05, 0.1) is 18.0 Å². The van der Waals surface area contributed by atoms with Crippen LogP contribution in [0.5, 0.6) is 0 Å². The number of nitrogens with zero attached hydrogens (tertiary/aromatic N) is 1. The first-order valence-electron chi connectivity index (χ1n) is 14.9. The van der Waals surface area contributed by atoms with Gasteiger partial charge in [0, 0.05) is 22.5 Å². The highest BCUT2D eigenvalue weighted by molar-refractivity contribution is 8.00. The van der Waals surface area contributed by atoms with Crippen molar-refractivity contribution < 1.29 is 19.5 Å². The molecule has 3 aliphatic rings. The molecule has 3 amide bonds. The van der Waals surface area contributed by atoms with Gasteiger partial charge < -0.3 is 26.0 Å². The summed E-state index contributed by atoms with van der Waals surface area (Å²) in [6.07, 6.45) is 1.15. The molecule has 1 saturated heterocycles. The first-order valence-corrected chi connectivity index (χ1v) is 15.9. The van der Waals surface area contributed by atoms with E-state index in [4.69, 9.17) is 0 Å². The van der Waals surface area contributed by atoms with Crippen LogP contribution in [-0.4, -0.2) is 63.1 Å². The van der Waals surface area contributed by atoms with Crippen molar-refractivity contribution in [2.24, 2.45) is 0 Å². The summed E-state index contributed by atoms with van der Waals surface area (Å²) in [4.78, 5) is 42.9. The fourth-order valence-electron chi connectivity index (χ4n) is 6.62. The van der Waals surface area contributed by atoms with Gasteiger partial charge in [-0.2, -0.15) is 0 Å². The number of hydrogen-bond acceptors (Lipinski definition) is 6. The van der Waals surface area contributed by atoms with Crippen molar-refractivity contribution in [1.82, 2.24) is 15.5 Å². The van der Waals surface area contributed by atoms with E-state index in [1.54, 1.807) is 6.07 Å². The lowest BCUT2D eigenvalue weighted by Gasteiger charge is -2.34. The van der Waals surface area contributed by atoms with Crippen molar-refractivity contribution in [2.45, 2.75) is 68.5 Å². The van der Waals surface area contributed by atoms with Gasteiger partial charge in [-0.05, 0) is 73.9 Å². The number of carbonyl (C=O) groups excluding carboxylic acids is 3. The van der Waals surface area contributed by atoms with Gasteiger partial charge in [0.1, 0.15) is 6.04 Å². The quantitative estimate of drug-likeness (QED) is 0.314. The van der Waals surface area contributed by atoms with Crippen LogP contribution in [0.1, 0.15) is 58.9 Å². The lowest BCUT2D eigenvalue weighted by Crippen LogP contribution is -2.59. The van der Waals surface area contributed by atoms with Gasteiger partial charge in [-0.25, -0.2) is 0 Å². The Bertz CT molecular complexity index is 1530. The number of fused-ring (bicyclic) bond motifs is 2. The maximum atomic E-state index is 14.0. The summed E-state index contributed by atoms with van der Waals surface area (Å²) in [6.45, 7) is 4.67. The average molecular weight is 599 g/mol. The summed E-state index contributed by atoms with van der Waals surface area (Å²) in [5.41, 5.74) is 5.62. The Balaban J connectivity index is 1.23. The Morgan fingerprint density at radius 2 is 1.79 bits per heavy atom. The van der Waals surface area contributed by atoms with Crippen molar-refractivity contribution in [3.63, 3.8) is 0 Å². The van der Waals surface area contributed by atoms with E-state index >= 15 is 0 Å². The van der Waals surface area contributed by atoms with Crippen LogP contribution in [0, 0.1) is 0 Å². The molecular weight excluding hydrogens is 560 g/mol. The molecule has 3 aromatic rings. The van der Waals surface area contributed by atoms with Gasteiger partial charge in [-0.15, -0.1) is 11.8 Å². The molecule has 43 heavy (non-hydrogen) atoms. The minimum atomic E-state index is -1.55. The van der Waals surface area contributed by atoms with Crippen LogP contribution >= 0.6 is 11.8 Å². The molecule has 8 nitrogen and oxygen atoms in total. The molecule has 2 aliphatic heterocycles. The lowest BCUT2D eigenvalue weighted by molar-refractivity contribution is -0.147. The number of benzene rings is 3. The number of hydrogen-bond donors (Lipinski definition) is 4. The first-order chi connectivity index (χ1) is 20.7. The summed E-state index contributed by atoms with van der Waals surface area (Å²) < 4.78 is -0.562. The molecule has 2 heterocycles. The highest BCUT2D eigenvalue weighted by Crippen LogP contribution is 2.41. The van der Waals surface area contributed by atoms with Gasteiger partial charge >= 0.3 is 0 Å². The molecule has 0 spiro atoms. The number of anilines is 1. The number of rotatable bonds is 8. The minimum absolute atomic E-state index is 0.112. The molecule has 0 bridgehead atoms. The zero-order chi connectivity index (χ0) is 30.1. The Kier molecular flexibility index (Phi) is 8.20.